The third-order valence-electron chi connectivity index (χ3n) is 2.53. The van der Waals surface area contributed by atoms with E-state index in [1.165, 1.54) is 0 Å². The highest BCUT2D eigenvalue weighted by atomic mass is 16.2. The number of allylic oxidation sites excluding steroid dienone is 1. The Balaban J connectivity index is 2.19. The Kier molecular flexibility index (Phi) is 2.97. The zero-order valence-corrected chi connectivity index (χ0v) is 9.90. The SMILES string of the molecule is C=C(C)NC(=O)CN1C(=O)c2ccccc2C1=O. The molecule has 0 bridgehead atoms. The average Bonchev–Trinajstić information content (AvgIpc) is 2.54. The lowest BCUT2D eigenvalue weighted by Crippen LogP contribution is -2.39. The molecule has 0 saturated carbocycles. The Hall–Kier alpha value is -2.43. The van der Waals surface area contributed by atoms with Crippen LogP contribution in [0.1, 0.15) is 27.6 Å². The van der Waals surface area contributed by atoms with Crippen molar-refractivity contribution in [3.63, 3.8) is 0 Å². The number of benzene rings is 1. The second kappa shape index (κ2) is 4.44. The third kappa shape index (κ3) is 2.02. The zero-order chi connectivity index (χ0) is 13.3. The summed E-state index contributed by atoms with van der Waals surface area (Å²) < 4.78 is 0. The quantitative estimate of drug-likeness (QED) is 0.804. The van der Waals surface area contributed by atoms with Crippen LogP contribution in [0.4, 0.5) is 0 Å². The molecule has 0 radical (unpaired) electrons. The Morgan fingerprint density at radius 3 is 2.17 bits per heavy atom. The van der Waals surface area contributed by atoms with Crippen LogP contribution in [0.15, 0.2) is 36.5 Å². The molecule has 1 N–H and O–H groups in total. The molecule has 1 aromatic rings. The van der Waals surface area contributed by atoms with Crippen molar-refractivity contribution in [2.24, 2.45) is 0 Å². The van der Waals surface area contributed by atoms with Gasteiger partial charge < -0.3 is 5.32 Å². The Morgan fingerprint density at radius 1 is 1.22 bits per heavy atom. The maximum Gasteiger partial charge on any atom is 0.262 e. The Labute approximate surface area is 104 Å². The summed E-state index contributed by atoms with van der Waals surface area (Å²) in [6.07, 6.45) is 0. The maximum atomic E-state index is 11.9. The number of fused-ring (bicyclic) bond motifs is 1. The minimum Gasteiger partial charge on any atom is -0.329 e. The first kappa shape index (κ1) is 12.0. The fourth-order valence-corrected chi connectivity index (χ4v) is 1.80. The monoisotopic (exact) mass is 244 g/mol. The largest absolute Gasteiger partial charge is 0.329 e. The molecule has 3 amide bonds. The fraction of sp³-hybridized carbons (Fsp3) is 0.154. The number of carbonyl (C=O) groups excluding carboxylic acids is 3. The molecule has 1 aromatic carbocycles. The Morgan fingerprint density at radius 2 is 1.72 bits per heavy atom. The van der Waals surface area contributed by atoms with E-state index in [2.05, 4.69) is 11.9 Å². The summed E-state index contributed by atoms with van der Waals surface area (Å²) in [6, 6.07) is 6.52. The lowest BCUT2D eigenvalue weighted by molar-refractivity contribution is -0.120. The van der Waals surface area contributed by atoms with Crippen molar-refractivity contribution in [3.8, 4) is 0 Å². The maximum absolute atomic E-state index is 11.9. The lowest BCUT2D eigenvalue weighted by atomic mass is 10.1. The number of nitrogens with zero attached hydrogens (tertiary/aromatic N) is 1. The molecule has 1 aliphatic heterocycles. The number of carbonyl (C=O) groups is 3. The van der Waals surface area contributed by atoms with Gasteiger partial charge in [0.25, 0.3) is 11.8 Å². The summed E-state index contributed by atoms with van der Waals surface area (Å²) in [7, 11) is 0. The number of hydrogen-bond donors (Lipinski definition) is 1. The van der Waals surface area contributed by atoms with Crippen LogP contribution in [0.2, 0.25) is 0 Å². The van der Waals surface area contributed by atoms with Crippen LogP contribution in [-0.4, -0.2) is 29.2 Å². The van der Waals surface area contributed by atoms with E-state index in [0.717, 1.165) is 4.90 Å². The molecule has 2 rings (SSSR count). The predicted molar refractivity (Wildman–Crippen MR) is 64.8 cm³/mol. The van der Waals surface area contributed by atoms with E-state index in [9.17, 15) is 14.4 Å². The van der Waals surface area contributed by atoms with Crippen molar-refractivity contribution >= 4 is 17.7 Å². The minimum absolute atomic E-state index is 0.292. The normalized spacial score (nSPS) is 13.5. The molecular formula is C13H12N2O3. The van der Waals surface area contributed by atoms with Gasteiger partial charge in [0.15, 0.2) is 0 Å². The van der Waals surface area contributed by atoms with E-state index >= 15 is 0 Å². The first-order valence-electron chi connectivity index (χ1n) is 5.41. The number of hydrogen-bond acceptors (Lipinski definition) is 3. The average molecular weight is 244 g/mol. The summed E-state index contributed by atoms with van der Waals surface area (Å²) in [5.74, 6) is -1.31. The van der Waals surface area contributed by atoms with Gasteiger partial charge in [-0.25, -0.2) is 0 Å². The van der Waals surface area contributed by atoms with Crippen molar-refractivity contribution in [1.29, 1.82) is 0 Å². The van der Waals surface area contributed by atoms with Gasteiger partial charge in [0.2, 0.25) is 5.91 Å². The molecule has 1 aliphatic rings. The van der Waals surface area contributed by atoms with Gasteiger partial charge in [-0.1, -0.05) is 18.7 Å². The summed E-state index contributed by atoms with van der Waals surface area (Å²) >= 11 is 0. The van der Waals surface area contributed by atoms with Crippen LogP contribution in [0.25, 0.3) is 0 Å². The summed E-state index contributed by atoms with van der Waals surface area (Å²) in [6.45, 7) is 4.86. The van der Waals surface area contributed by atoms with Gasteiger partial charge in [0.1, 0.15) is 6.54 Å². The second-order valence-electron chi connectivity index (χ2n) is 4.07. The predicted octanol–water partition coefficient (Wildman–Crippen LogP) is 0.932. The standard InChI is InChI=1S/C13H12N2O3/c1-8(2)14-11(16)7-15-12(17)9-5-3-4-6-10(9)13(15)18/h3-6H,1,7H2,2H3,(H,14,16). The lowest BCUT2D eigenvalue weighted by Gasteiger charge is -2.13. The van der Waals surface area contributed by atoms with Gasteiger partial charge in [0.05, 0.1) is 11.1 Å². The molecule has 5 heteroatoms. The van der Waals surface area contributed by atoms with E-state index in [0.29, 0.717) is 16.8 Å². The highest BCUT2D eigenvalue weighted by molar-refractivity contribution is 6.22. The third-order valence-corrected chi connectivity index (χ3v) is 2.53. The van der Waals surface area contributed by atoms with Crippen molar-refractivity contribution in [1.82, 2.24) is 10.2 Å². The van der Waals surface area contributed by atoms with Gasteiger partial charge in [-0.05, 0) is 19.1 Å². The Bertz CT molecular complexity index is 528. The molecule has 0 atom stereocenters. The van der Waals surface area contributed by atoms with E-state index in [1.807, 2.05) is 0 Å². The highest BCUT2D eigenvalue weighted by Gasteiger charge is 2.36. The number of imide groups is 1. The van der Waals surface area contributed by atoms with Crippen molar-refractivity contribution in [2.75, 3.05) is 6.54 Å². The number of rotatable bonds is 3. The summed E-state index contributed by atoms with van der Waals surface area (Å²) in [5, 5.41) is 2.46. The first-order chi connectivity index (χ1) is 8.50. The molecule has 0 spiro atoms. The summed E-state index contributed by atoms with van der Waals surface area (Å²) in [4.78, 5) is 36.3. The van der Waals surface area contributed by atoms with Gasteiger partial charge in [-0.3, -0.25) is 19.3 Å². The van der Waals surface area contributed by atoms with Crippen molar-refractivity contribution in [2.45, 2.75) is 6.92 Å². The molecule has 18 heavy (non-hydrogen) atoms. The highest BCUT2D eigenvalue weighted by Crippen LogP contribution is 2.21. The summed E-state index contributed by atoms with van der Waals surface area (Å²) in [5.41, 5.74) is 1.15. The van der Waals surface area contributed by atoms with E-state index in [1.54, 1.807) is 31.2 Å². The van der Waals surface area contributed by atoms with Gasteiger partial charge >= 0.3 is 0 Å². The van der Waals surface area contributed by atoms with Crippen molar-refractivity contribution in [3.05, 3.63) is 47.7 Å². The molecule has 0 aliphatic carbocycles. The van der Waals surface area contributed by atoms with E-state index in [-0.39, 0.29) is 6.54 Å². The fourth-order valence-electron chi connectivity index (χ4n) is 1.80. The molecule has 0 saturated heterocycles. The van der Waals surface area contributed by atoms with Crippen LogP contribution in [0.3, 0.4) is 0 Å². The van der Waals surface area contributed by atoms with Gasteiger partial charge in [0, 0.05) is 5.70 Å². The second-order valence-corrected chi connectivity index (χ2v) is 4.07. The van der Waals surface area contributed by atoms with Crippen LogP contribution >= 0.6 is 0 Å². The molecule has 92 valence electrons. The molecule has 0 unspecified atom stereocenters. The van der Waals surface area contributed by atoms with Gasteiger partial charge in [-0.15, -0.1) is 0 Å². The molecular weight excluding hydrogens is 232 g/mol. The van der Waals surface area contributed by atoms with Crippen LogP contribution in [0, 0.1) is 0 Å². The molecule has 1 heterocycles. The number of nitrogens with one attached hydrogen (secondary N) is 1. The van der Waals surface area contributed by atoms with Crippen LogP contribution in [0.5, 0.6) is 0 Å². The van der Waals surface area contributed by atoms with Crippen molar-refractivity contribution < 1.29 is 14.4 Å². The number of amides is 3. The first-order valence-corrected chi connectivity index (χ1v) is 5.41. The van der Waals surface area contributed by atoms with Crippen LogP contribution < -0.4 is 5.32 Å². The zero-order valence-electron chi connectivity index (χ0n) is 9.90. The smallest absolute Gasteiger partial charge is 0.262 e. The van der Waals surface area contributed by atoms with Crippen LogP contribution in [-0.2, 0) is 4.79 Å². The molecule has 5 nitrogen and oxygen atoms in total. The molecule has 0 aromatic heterocycles. The van der Waals surface area contributed by atoms with E-state index < -0.39 is 17.7 Å². The topological polar surface area (TPSA) is 66.5 Å². The van der Waals surface area contributed by atoms with E-state index in [4.69, 9.17) is 0 Å². The minimum atomic E-state index is -0.438. The van der Waals surface area contributed by atoms with Gasteiger partial charge in [-0.2, -0.15) is 0 Å². The molecule has 0 fully saturated rings.